The molecule has 6 nitrogen and oxygen atoms in total. The van der Waals surface area contributed by atoms with Gasteiger partial charge in [-0.15, -0.1) is 11.3 Å². The summed E-state index contributed by atoms with van der Waals surface area (Å²) in [5.74, 6) is -1.79. The molecule has 0 aliphatic rings. The second-order valence-corrected chi connectivity index (χ2v) is 8.16. The molecule has 0 amide bonds. The van der Waals surface area contributed by atoms with E-state index in [0.29, 0.717) is 10.8 Å². The molecule has 0 aliphatic heterocycles. The van der Waals surface area contributed by atoms with Crippen molar-refractivity contribution in [3.8, 4) is 0 Å². The highest BCUT2D eigenvalue weighted by Gasteiger charge is 2.24. The van der Waals surface area contributed by atoms with Crippen LogP contribution in [0.3, 0.4) is 0 Å². The number of aromatic carboxylic acids is 1. The largest absolute Gasteiger partial charge is 0.475 e. The summed E-state index contributed by atoms with van der Waals surface area (Å²) < 4.78 is 31.8. The predicted octanol–water partition coefficient (Wildman–Crippen LogP) is 2.98. The average molecular weight is 415 g/mol. The number of carbonyl (C=O) groups is 1. The van der Waals surface area contributed by atoms with Crippen LogP contribution in [0, 0.1) is 0 Å². The predicted molar refractivity (Wildman–Crippen MR) is 81.6 cm³/mol. The van der Waals surface area contributed by atoms with Crippen LogP contribution in [0.25, 0.3) is 0 Å². The molecule has 2 rings (SSSR count). The van der Waals surface area contributed by atoms with Crippen molar-refractivity contribution >= 4 is 54.9 Å². The molecule has 0 aromatic carbocycles. The minimum Gasteiger partial charge on any atom is -0.475 e. The van der Waals surface area contributed by atoms with Gasteiger partial charge in [0.15, 0.2) is 4.67 Å². The lowest BCUT2D eigenvalue weighted by Crippen LogP contribution is -2.25. The van der Waals surface area contributed by atoms with Crippen molar-refractivity contribution in [2.45, 2.75) is 11.3 Å². The molecule has 0 radical (unpaired) electrons. The SMILES string of the molecule is O=C(O)c1cc(S(=O)(=O)NCCc2ccc(Cl)s2)c(Br)o1. The average Bonchev–Trinajstić information content (AvgIpc) is 2.96. The van der Waals surface area contributed by atoms with Gasteiger partial charge in [-0.25, -0.2) is 17.9 Å². The molecule has 0 aliphatic carbocycles. The number of nitrogens with one attached hydrogen (secondary N) is 1. The third kappa shape index (κ3) is 4.07. The van der Waals surface area contributed by atoms with Crippen LogP contribution in [-0.4, -0.2) is 26.0 Å². The van der Waals surface area contributed by atoms with E-state index in [1.807, 2.05) is 6.07 Å². The molecular weight excluding hydrogens is 406 g/mol. The molecule has 2 aromatic heterocycles. The Labute approximate surface area is 137 Å². The van der Waals surface area contributed by atoms with E-state index >= 15 is 0 Å². The maximum Gasteiger partial charge on any atom is 0.371 e. The molecule has 0 spiro atoms. The Bertz CT molecular complexity index is 767. The fourth-order valence-electron chi connectivity index (χ4n) is 1.51. The quantitative estimate of drug-likeness (QED) is 0.757. The van der Waals surface area contributed by atoms with Gasteiger partial charge in [0.1, 0.15) is 4.90 Å². The van der Waals surface area contributed by atoms with Crippen molar-refractivity contribution < 1.29 is 22.7 Å². The Morgan fingerprint density at radius 2 is 2.19 bits per heavy atom. The van der Waals surface area contributed by atoms with Crippen LogP contribution in [0.5, 0.6) is 0 Å². The minimum atomic E-state index is -3.85. The maximum atomic E-state index is 12.1. The molecule has 2 aromatic rings. The summed E-state index contributed by atoms with van der Waals surface area (Å²) in [5, 5.41) is 8.77. The van der Waals surface area contributed by atoms with E-state index < -0.39 is 21.8 Å². The second kappa shape index (κ2) is 6.49. The fourth-order valence-corrected chi connectivity index (χ4v) is 4.57. The van der Waals surface area contributed by atoms with E-state index in [9.17, 15) is 13.2 Å². The first-order valence-electron chi connectivity index (χ1n) is 5.56. The van der Waals surface area contributed by atoms with E-state index in [1.165, 1.54) is 11.3 Å². The summed E-state index contributed by atoms with van der Waals surface area (Å²) in [6.45, 7) is 0.166. The first-order chi connectivity index (χ1) is 9.79. The Kier molecular flexibility index (Phi) is 5.10. The molecule has 0 fully saturated rings. The molecule has 10 heteroatoms. The molecular formula is C11H9BrClNO5S2. The van der Waals surface area contributed by atoms with Gasteiger partial charge >= 0.3 is 5.97 Å². The van der Waals surface area contributed by atoms with Crippen molar-refractivity contribution in [2.75, 3.05) is 6.54 Å². The summed E-state index contributed by atoms with van der Waals surface area (Å²) in [7, 11) is -3.85. The van der Waals surface area contributed by atoms with Crippen LogP contribution in [0.4, 0.5) is 0 Å². The third-order valence-electron chi connectivity index (χ3n) is 2.45. The lowest BCUT2D eigenvalue weighted by Gasteiger charge is -2.03. The van der Waals surface area contributed by atoms with Crippen LogP contribution in [-0.2, 0) is 16.4 Å². The van der Waals surface area contributed by atoms with Gasteiger partial charge in [0.05, 0.1) is 4.34 Å². The highest BCUT2D eigenvalue weighted by molar-refractivity contribution is 9.10. The minimum absolute atomic E-state index is 0.147. The monoisotopic (exact) mass is 413 g/mol. The molecule has 0 saturated heterocycles. The lowest BCUT2D eigenvalue weighted by atomic mass is 10.3. The Balaban J connectivity index is 2.06. The van der Waals surface area contributed by atoms with Crippen molar-refractivity contribution in [1.29, 1.82) is 0 Å². The van der Waals surface area contributed by atoms with Crippen molar-refractivity contribution in [3.05, 3.63) is 37.8 Å². The van der Waals surface area contributed by atoms with Gasteiger partial charge in [-0.05, 0) is 34.5 Å². The summed E-state index contributed by atoms with van der Waals surface area (Å²) in [6.07, 6.45) is 0.484. The van der Waals surface area contributed by atoms with Gasteiger partial charge in [-0.2, -0.15) is 0 Å². The van der Waals surface area contributed by atoms with Crippen LogP contribution < -0.4 is 4.72 Å². The van der Waals surface area contributed by atoms with E-state index in [4.69, 9.17) is 21.1 Å². The first-order valence-corrected chi connectivity index (χ1v) is 9.03. The van der Waals surface area contributed by atoms with Gasteiger partial charge < -0.3 is 9.52 Å². The summed E-state index contributed by atoms with van der Waals surface area (Å²) in [6, 6.07) is 4.51. The number of furan rings is 1. The molecule has 0 bridgehead atoms. The van der Waals surface area contributed by atoms with Crippen molar-refractivity contribution in [2.24, 2.45) is 0 Å². The Hall–Kier alpha value is -0.870. The normalized spacial score (nSPS) is 11.7. The maximum absolute atomic E-state index is 12.1. The molecule has 2 heterocycles. The van der Waals surface area contributed by atoms with Gasteiger partial charge in [-0.3, -0.25) is 0 Å². The molecule has 2 N–H and O–H groups in total. The zero-order valence-corrected chi connectivity index (χ0v) is 14.3. The topological polar surface area (TPSA) is 96.6 Å². The number of sulfonamides is 1. The van der Waals surface area contributed by atoms with Gasteiger partial charge in [0, 0.05) is 17.5 Å². The van der Waals surface area contributed by atoms with E-state index in [-0.39, 0.29) is 16.1 Å². The van der Waals surface area contributed by atoms with E-state index in [0.717, 1.165) is 10.9 Å². The Morgan fingerprint density at radius 3 is 2.71 bits per heavy atom. The van der Waals surface area contributed by atoms with Crippen molar-refractivity contribution in [1.82, 2.24) is 4.72 Å². The van der Waals surface area contributed by atoms with Gasteiger partial charge in [0.2, 0.25) is 15.8 Å². The molecule has 0 saturated carbocycles. The number of thiophene rings is 1. The van der Waals surface area contributed by atoms with Crippen LogP contribution >= 0.6 is 38.9 Å². The molecule has 0 atom stereocenters. The smallest absolute Gasteiger partial charge is 0.371 e. The summed E-state index contributed by atoms with van der Waals surface area (Å²) >= 11 is 10.1. The third-order valence-corrected chi connectivity index (χ3v) is 6.06. The summed E-state index contributed by atoms with van der Waals surface area (Å²) in [5.41, 5.74) is 0. The van der Waals surface area contributed by atoms with E-state index in [1.54, 1.807) is 6.07 Å². The number of rotatable bonds is 6. The fraction of sp³-hybridized carbons (Fsp3) is 0.182. The highest BCUT2D eigenvalue weighted by Crippen LogP contribution is 2.26. The zero-order valence-electron chi connectivity index (χ0n) is 10.3. The second-order valence-electron chi connectivity index (χ2n) is 3.91. The standard InChI is InChI=1S/C11H9BrClNO5S2/c12-10-8(5-7(19-10)11(15)16)21(17,18)14-4-3-6-1-2-9(13)20-6/h1-2,5,14H,3-4H2,(H,15,16). The number of halogens is 2. The number of hydrogen-bond donors (Lipinski definition) is 2. The highest BCUT2D eigenvalue weighted by atomic mass is 79.9. The zero-order chi connectivity index (χ0) is 15.6. The number of hydrogen-bond acceptors (Lipinski definition) is 5. The summed E-state index contributed by atoms with van der Waals surface area (Å²) in [4.78, 5) is 11.5. The number of carboxylic acid groups (broad SMARTS) is 1. The van der Waals surface area contributed by atoms with Crippen LogP contribution in [0.2, 0.25) is 4.34 Å². The Morgan fingerprint density at radius 1 is 1.48 bits per heavy atom. The lowest BCUT2D eigenvalue weighted by molar-refractivity contribution is 0.0661. The van der Waals surface area contributed by atoms with Gasteiger partial charge in [-0.1, -0.05) is 11.6 Å². The van der Waals surface area contributed by atoms with E-state index in [2.05, 4.69) is 20.7 Å². The van der Waals surface area contributed by atoms with Crippen LogP contribution in [0.15, 0.2) is 32.2 Å². The number of carboxylic acids is 1. The first kappa shape index (κ1) is 16.5. The molecule has 21 heavy (non-hydrogen) atoms. The van der Waals surface area contributed by atoms with Gasteiger partial charge in [0.25, 0.3) is 0 Å². The molecule has 0 unspecified atom stereocenters. The van der Waals surface area contributed by atoms with Crippen molar-refractivity contribution in [3.63, 3.8) is 0 Å². The van der Waals surface area contributed by atoms with Crippen LogP contribution in [0.1, 0.15) is 15.4 Å². The molecule has 114 valence electrons.